The van der Waals surface area contributed by atoms with Gasteiger partial charge in [-0.25, -0.2) is 9.59 Å². The average Bonchev–Trinajstić information content (AvgIpc) is 2.73. The van der Waals surface area contributed by atoms with E-state index in [-0.39, 0.29) is 5.75 Å². The van der Waals surface area contributed by atoms with Crippen LogP contribution >= 0.6 is 23.4 Å². The number of rotatable bonds is 6. The Hall–Kier alpha value is -2.76. The third kappa shape index (κ3) is 5.38. The fourth-order valence-electron chi connectivity index (χ4n) is 2.40. The SMILES string of the molecule is COC(=O)c1cccc(OC(=O)c2ccc(CSc3ccc(Cl)cc3)cc2)c1. The smallest absolute Gasteiger partial charge is 0.343 e. The van der Waals surface area contributed by atoms with E-state index < -0.39 is 11.9 Å². The number of carbonyl (C=O) groups is 2. The summed E-state index contributed by atoms with van der Waals surface area (Å²) in [5, 5.41) is 0.712. The molecule has 3 aromatic rings. The van der Waals surface area contributed by atoms with Crippen LogP contribution < -0.4 is 4.74 Å². The Balaban J connectivity index is 1.60. The minimum absolute atomic E-state index is 0.287. The first-order valence-electron chi connectivity index (χ1n) is 8.43. The van der Waals surface area contributed by atoms with Gasteiger partial charge in [0.25, 0.3) is 0 Å². The monoisotopic (exact) mass is 412 g/mol. The predicted molar refractivity (Wildman–Crippen MR) is 110 cm³/mol. The zero-order valence-electron chi connectivity index (χ0n) is 15.1. The van der Waals surface area contributed by atoms with Gasteiger partial charge in [-0.1, -0.05) is 29.8 Å². The van der Waals surface area contributed by atoms with E-state index in [1.807, 2.05) is 36.4 Å². The molecule has 0 aliphatic carbocycles. The molecular weight excluding hydrogens is 396 g/mol. The Morgan fingerprint density at radius 3 is 2.29 bits per heavy atom. The lowest BCUT2D eigenvalue weighted by molar-refractivity contribution is 0.0597. The van der Waals surface area contributed by atoms with E-state index in [2.05, 4.69) is 4.74 Å². The minimum atomic E-state index is -0.487. The maximum absolute atomic E-state index is 12.3. The maximum atomic E-state index is 12.3. The van der Waals surface area contributed by atoms with Crippen molar-refractivity contribution in [3.05, 3.63) is 94.5 Å². The number of carbonyl (C=O) groups excluding carboxylic acids is 2. The Bertz CT molecular complexity index is 969. The number of esters is 2. The van der Waals surface area contributed by atoms with E-state index in [0.717, 1.165) is 16.2 Å². The second-order valence-electron chi connectivity index (χ2n) is 5.85. The minimum Gasteiger partial charge on any atom is -0.465 e. The Labute approximate surface area is 172 Å². The maximum Gasteiger partial charge on any atom is 0.343 e. The zero-order valence-corrected chi connectivity index (χ0v) is 16.6. The van der Waals surface area contributed by atoms with Crippen molar-refractivity contribution >= 4 is 35.3 Å². The van der Waals surface area contributed by atoms with Gasteiger partial charge in [-0.2, -0.15) is 0 Å². The molecule has 0 aromatic heterocycles. The zero-order chi connectivity index (χ0) is 19.9. The summed E-state index contributed by atoms with van der Waals surface area (Å²) >= 11 is 7.58. The summed E-state index contributed by atoms with van der Waals surface area (Å²) in [6.45, 7) is 0. The molecule has 0 N–H and O–H groups in total. The lowest BCUT2D eigenvalue weighted by Crippen LogP contribution is -2.09. The van der Waals surface area contributed by atoms with Gasteiger partial charge < -0.3 is 9.47 Å². The molecule has 0 saturated heterocycles. The quantitative estimate of drug-likeness (QED) is 0.298. The lowest BCUT2D eigenvalue weighted by Gasteiger charge is -2.07. The van der Waals surface area contributed by atoms with Gasteiger partial charge in [-0.05, 0) is 60.2 Å². The van der Waals surface area contributed by atoms with Crippen molar-refractivity contribution in [3.8, 4) is 5.75 Å². The molecule has 0 spiro atoms. The lowest BCUT2D eigenvalue weighted by atomic mass is 10.1. The van der Waals surface area contributed by atoms with E-state index in [4.69, 9.17) is 16.3 Å². The molecule has 0 fully saturated rings. The van der Waals surface area contributed by atoms with Crippen molar-refractivity contribution < 1.29 is 19.1 Å². The van der Waals surface area contributed by atoms with Gasteiger partial charge in [-0.3, -0.25) is 0 Å². The van der Waals surface area contributed by atoms with Crippen molar-refractivity contribution in [2.75, 3.05) is 7.11 Å². The number of hydrogen-bond donors (Lipinski definition) is 0. The highest BCUT2D eigenvalue weighted by Crippen LogP contribution is 2.24. The first-order chi connectivity index (χ1) is 13.5. The third-order valence-corrected chi connectivity index (χ3v) is 5.21. The molecule has 0 unspecified atom stereocenters. The molecule has 28 heavy (non-hydrogen) atoms. The molecule has 0 aliphatic heterocycles. The van der Waals surface area contributed by atoms with Crippen LogP contribution in [-0.2, 0) is 10.5 Å². The van der Waals surface area contributed by atoms with Crippen LogP contribution in [0.15, 0.2) is 77.7 Å². The van der Waals surface area contributed by atoms with Crippen molar-refractivity contribution in [1.29, 1.82) is 0 Å². The summed E-state index contributed by atoms with van der Waals surface area (Å²) in [6.07, 6.45) is 0. The first-order valence-corrected chi connectivity index (χ1v) is 9.79. The van der Waals surface area contributed by atoms with Gasteiger partial charge >= 0.3 is 11.9 Å². The summed E-state index contributed by atoms with van der Waals surface area (Å²) < 4.78 is 10.0. The molecule has 142 valence electrons. The van der Waals surface area contributed by atoms with Gasteiger partial charge in [0.05, 0.1) is 18.2 Å². The Morgan fingerprint density at radius 2 is 1.61 bits per heavy atom. The molecule has 0 atom stereocenters. The van der Waals surface area contributed by atoms with Crippen LogP contribution in [0.5, 0.6) is 5.75 Å². The van der Waals surface area contributed by atoms with Crippen LogP contribution in [0.2, 0.25) is 5.02 Å². The summed E-state index contributed by atoms with van der Waals surface area (Å²) in [5.74, 6) is 0.0904. The van der Waals surface area contributed by atoms with Crippen LogP contribution in [-0.4, -0.2) is 19.0 Å². The molecule has 4 nitrogen and oxygen atoms in total. The fourth-order valence-corrected chi connectivity index (χ4v) is 3.39. The molecule has 3 aromatic carbocycles. The van der Waals surface area contributed by atoms with E-state index in [1.165, 1.54) is 13.2 Å². The molecule has 0 saturated carbocycles. The normalized spacial score (nSPS) is 10.4. The summed E-state index contributed by atoms with van der Waals surface area (Å²) in [4.78, 5) is 25.0. The molecule has 3 rings (SSSR count). The van der Waals surface area contributed by atoms with E-state index >= 15 is 0 Å². The number of methoxy groups -OCH3 is 1. The van der Waals surface area contributed by atoms with E-state index in [9.17, 15) is 9.59 Å². The molecule has 0 aliphatic rings. The standard InChI is InChI=1S/C22H17ClO4S/c1-26-21(24)17-3-2-4-19(13-17)27-22(25)16-7-5-15(6-8-16)14-28-20-11-9-18(23)10-12-20/h2-13H,14H2,1H3. The molecule has 0 heterocycles. The molecule has 6 heteroatoms. The van der Waals surface area contributed by atoms with Gasteiger partial charge in [0, 0.05) is 15.7 Å². The van der Waals surface area contributed by atoms with Crippen LogP contribution in [0.3, 0.4) is 0 Å². The topological polar surface area (TPSA) is 52.6 Å². The van der Waals surface area contributed by atoms with Crippen LogP contribution in [0, 0.1) is 0 Å². The van der Waals surface area contributed by atoms with E-state index in [1.54, 1.807) is 42.1 Å². The average molecular weight is 413 g/mol. The number of benzene rings is 3. The van der Waals surface area contributed by atoms with Crippen molar-refractivity contribution in [1.82, 2.24) is 0 Å². The van der Waals surface area contributed by atoms with Crippen molar-refractivity contribution in [2.24, 2.45) is 0 Å². The summed E-state index contributed by atoms with van der Waals surface area (Å²) in [7, 11) is 1.30. The number of ether oxygens (including phenoxy) is 2. The molecule has 0 bridgehead atoms. The Morgan fingerprint density at radius 1 is 0.893 bits per heavy atom. The molecule has 0 amide bonds. The molecular formula is C22H17ClO4S. The highest BCUT2D eigenvalue weighted by molar-refractivity contribution is 7.98. The first kappa shape index (κ1) is 20.0. The second-order valence-corrected chi connectivity index (χ2v) is 7.33. The van der Waals surface area contributed by atoms with Crippen LogP contribution in [0.4, 0.5) is 0 Å². The van der Waals surface area contributed by atoms with Crippen molar-refractivity contribution in [2.45, 2.75) is 10.6 Å². The van der Waals surface area contributed by atoms with Crippen LogP contribution in [0.25, 0.3) is 0 Å². The Kier molecular flexibility index (Phi) is 6.74. The summed E-state index contributed by atoms with van der Waals surface area (Å²) in [6, 6.07) is 21.2. The fraction of sp³-hybridized carbons (Fsp3) is 0.0909. The van der Waals surface area contributed by atoms with Gasteiger partial charge in [0.15, 0.2) is 0 Å². The number of halogens is 1. The van der Waals surface area contributed by atoms with Crippen molar-refractivity contribution in [3.63, 3.8) is 0 Å². The second kappa shape index (κ2) is 9.44. The molecule has 0 radical (unpaired) electrons. The van der Waals surface area contributed by atoms with Gasteiger partial charge in [0.1, 0.15) is 5.75 Å². The van der Waals surface area contributed by atoms with Gasteiger partial charge in [0.2, 0.25) is 0 Å². The highest BCUT2D eigenvalue weighted by Gasteiger charge is 2.11. The predicted octanol–water partition coefficient (Wildman–Crippen LogP) is 5.64. The highest BCUT2D eigenvalue weighted by atomic mass is 35.5. The number of thioether (sulfide) groups is 1. The van der Waals surface area contributed by atoms with Crippen LogP contribution in [0.1, 0.15) is 26.3 Å². The summed E-state index contributed by atoms with van der Waals surface area (Å²) in [5.41, 5.74) is 1.84. The number of hydrogen-bond acceptors (Lipinski definition) is 5. The largest absolute Gasteiger partial charge is 0.465 e. The van der Waals surface area contributed by atoms with Gasteiger partial charge in [-0.15, -0.1) is 11.8 Å². The van der Waals surface area contributed by atoms with E-state index in [0.29, 0.717) is 16.1 Å². The third-order valence-electron chi connectivity index (χ3n) is 3.87.